The van der Waals surface area contributed by atoms with E-state index in [0.29, 0.717) is 37.8 Å². The van der Waals surface area contributed by atoms with Gasteiger partial charge in [0, 0.05) is 30.7 Å². The highest BCUT2D eigenvalue weighted by Gasteiger charge is 2.68. The lowest BCUT2D eigenvalue weighted by atomic mass is 9.56. The van der Waals surface area contributed by atoms with Crippen molar-refractivity contribution in [3.63, 3.8) is 0 Å². The molecule has 5 atom stereocenters. The number of aliphatic hydroxyl groups is 1. The Kier molecular flexibility index (Phi) is 6.05. The van der Waals surface area contributed by atoms with Gasteiger partial charge in [-0.3, -0.25) is 14.6 Å². The summed E-state index contributed by atoms with van der Waals surface area (Å²) in [7, 11) is 0. The maximum Gasteiger partial charge on any atom is 0.236 e. The number of amides is 1. The summed E-state index contributed by atoms with van der Waals surface area (Å²) < 4.78 is 6.60. The van der Waals surface area contributed by atoms with Gasteiger partial charge in [0.05, 0.1) is 24.1 Å². The van der Waals surface area contributed by atoms with Gasteiger partial charge in [-0.15, -0.1) is 0 Å². The lowest BCUT2D eigenvalue weighted by Crippen LogP contribution is -2.70. The molecule has 198 valence electrons. The van der Waals surface area contributed by atoms with E-state index in [2.05, 4.69) is 30.6 Å². The number of fused-ring (bicyclic) bond motifs is 1. The average Bonchev–Trinajstić information content (AvgIpc) is 3.53. The smallest absolute Gasteiger partial charge is 0.236 e. The van der Waals surface area contributed by atoms with E-state index in [1.807, 2.05) is 11.0 Å². The molecule has 1 spiro atoms. The first-order chi connectivity index (χ1) is 17.3. The van der Waals surface area contributed by atoms with Gasteiger partial charge in [-0.05, 0) is 89.4 Å². The number of aryl methyl sites for hydroxylation is 1. The third-order valence-corrected chi connectivity index (χ3v) is 10.4. The number of likely N-dealkylation sites (tertiary alicyclic amines) is 3. The largest absolute Gasteiger partial charge is 0.504 e. The van der Waals surface area contributed by atoms with Gasteiger partial charge >= 0.3 is 0 Å². The minimum atomic E-state index is -1.05. The van der Waals surface area contributed by atoms with Crippen LogP contribution in [0.2, 0.25) is 0 Å². The van der Waals surface area contributed by atoms with E-state index >= 15 is 0 Å². The van der Waals surface area contributed by atoms with Crippen LogP contribution in [0, 0.1) is 5.92 Å². The van der Waals surface area contributed by atoms with Gasteiger partial charge in [-0.1, -0.05) is 13.0 Å². The Bertz CT molecular complexity index is 1030. The number of phenolic OH excluding ortho intramolecular Hbond substituents is 1. The van der Waals surface area contributed by atoms with E-state index in [1.54, 1.807) is 6.07 Å². The monoisotopic (exact) mass is 497 g/mol. The van der Waals surface area contributed by atoms with Crippen molar-refractivity contribution in [1.29, 1.82) is 0 Å². The lowest BCUT2D eigenvalue weighted by molar-refractivity contribution is -0.151. The highest BCUT2D eigenvalue weighted by atomic mass is 16.5. The highest BCUT2D eigenvalue weighted by Crippen LogP contribution is 2.60. The molecular weight excluding hydrogens is 454 g/mol. The number of piperidine rings is 1. The van der Waals surface area contributed by atoms with Crippen LogP contribution in [0.5, 0.6) is 11.5 Å². The van der Waals surface area contributed by atoms with Crippen LogP contribution in [0.15, 0.2) is 12.1 Å². The molecule has 4 unspecified atom stereocenters. The molecule has 0 radical (unpaired) electrons. The molecule has 36 heavy (non-hydrogen) atoms. The summed E-state index contributed by atoms with van der Waals surface area (Å²) in [6.45, 7) is 10.8. The average molecular weight is 498 g/mol. The Hall–Kier alpha value is -1.83. The molecule has 1 aliphatic carbocycles. The summed E-state index contributed by atoms with van der Waals surface area (Å²) in [6.07, 6.45) is 6.60. The van der Waals surface area contributed by atoms with Crippen LogP contribution in [0.1, 0.15) is 70.4 Å². The van der Waals surface area contributed by atoms with E-state index in [-0.39, 0.29) is 23.8 Å². The molecule has 5 aliphatic rings. The van der Waals surface area contributed by atoms with Crippen LogP contribution in [0.4, 0.5) is 0 Å². The molecule has 7 heteroatoms. The SMILES string of the molecule is CCc1ccc(O)c2c1C13CCN(CC4CC4)C(C)C1(O)CCN(C(=O)CN1CCCC1C)C[C@@H]3O2. The third-order valence-electron chi connectivity index (χ3n) is 10.4. The molecule has 0 aromatic heterocycles. The van der Waals surface area contributed by atoms with Crippen molar-refractivity contribution in [2.24, 2.45) is 5.92 Å². The summed E-state index contributed by atoms with van der Waals surface area (Å²) in [5, 5.41) is 23.7. The van der Waals surface area contributed by atoms with Gasteiger partial charge in [0.15, 0.2) is 11.5 Å². The summed E-state index contributed by atoms with van der Waals surface area (Å²) in [5.41, 5.74) is 0.445. The molecule has 1 aromatic carbocycles. The quantitative estimate of drug-likeness (QED) is 0.652. The molecule has 6 rings (SSSR count). The minimum Gasteiger partial charge on any atom is -0.504 e. The zero-order valence-corrected chi connectivity index (χ0v) is 22.2. The van der Waals surface area contributed by atoms with Crippen molar-refractivity contribution in [3.05, 3.63) is 23.3 Å². The summed E-state index contributed by atoms with van der Waals surface area (Å²) in [5.74, 6) is 1.55. The van der Waals surface area contributed by atoms with Crippen LogP contribution < -0.4 is 4.74 Å². The van der Waals surface area contributed by atoms with Gasteiger partial charge in [-0.2, -0.15) is 0 Å². The molecule has 4 fully saturated rings. The number of nitrogens with zero attached hydrogens (tertiary/aromatic N) is 3. The van der Waals surface area contributed by atoms with Crippen molar-refractivity contribution in [3.8, 4) is 11.5 Å². The second kappa shape index (κ2) is 8.88. The summed E-state index contributed by atoms with van der Waals surface area (Å²) in [4.78, 5) is 20.3. The van der Waals surface area contributed by atoms with Gasteiger partial charge in [-0.25, -0.2) is 0 Å². The topological polar surface area (TPSA) is 76.5 Å². The van der Waals surface area contributed by atoms with E-state index in [4.69, 9.17) is 4.74 Å². The summed E-state index contributed by atoms with van der Waals surface area (Å²) in [6, 6.07) is 4.11. The van der Waals surface area contributed by atoms with Crippen molar-refractivity contribution >= 4 is 5.91 Å². The third kappa shape index (κ3) is 3.60. The van der Waals surface area contributed by atoms with Crippen LogP contribution >= 0.6 is 0 Å². The number of rotatable bonds is 5. The Morgan fingerprint density at radius 3 is 2.61 bits per heavy atom. The number of phenols is 1. The standard InChI is InChI=1S/C29H43N3O4/c1-4-22-9-10-23(33)27-26(22)28-11-14-31(16-21-7-8-21)20(3)29(28,35)12-15-32(17-24(28)36-27)25(34)18-30-13-5-6-19(30)2/h9-10,19-21,24,33,35H,4-8,11-18H2,1-3H3/t19?,20?,24-,28?,29?/m0/s1. The van der Waals surface area contributed by atoms with Crippen LogP contribution in [-0.4, -0.2) is 93.9 Å². The van der Waals surface area contributed by atoms with Gasteiger partial charge in [0.1, 0.15) is 6.10 Å². The minimum absolute atomic E-state index is 0.0513. The summed E-state index contributed by atoms with van der Waals surface area (Å²) >= 11 is 0. The van der Waals surface area contributed by atoms with Crippen LogP contribution in [0.3, 0.4) is 0 Å². The molecule has 1 amide bonds. The first-order valence-electron chi connectivity index (χ1n) is 14.3. The Morgan fingerprint density at radius 2 is 1.92 bits per heavy atom. The molecule has 1 saturated carbocycles. The number of carbonyl (C=O) groups is 1. The predicted octanol–water partition coefficient (Wildman–Crippen LogP) is 2.91. The fourth-order valence-electron chi connectivity index (χ4n) is 7.94. The van der Waals surface area contributed by atoms with Crippen LogP contribution in [0.25, 0.3) is 0 Å². The Morgan fingerprint density at radius 1 is 1.11 bits per heavy atom. The maximum absolute atomic E-state index is 13.6. The number of carbonyl (C=O) groups excluding carboxylic acids is 1. The second-order valence-electron chi connectivity index (χ2n) is 12.2. The molecular formula is C29H43N3O4. The highest BCUT2D eigenvalue weighted by molar-refractivity contribution is 5.78. The number of ether oxygens (including phenoxy) is 1. The van der Waals surface area contributed by atoms with Crippen molar-refractivity contribution < 1.29 is 19.7 Å². The fourth-order valence-corrected chi connectivity index (χ4v) is 7.94. The second-order valence-corrected chi connectivity index (χ2v) is 12.2. The normalized spacial score (nSPS) is 36.7. The fraction of sp³-hybridized carbons (Fsp3) is 0.759. The maximum atomic E-state index is 13.6. The van der Waals surface area contributed by atoms with Crippen molar-refractivity contribution in [2.75, 3.05) is 39.3 Å². The van der Waals surface area contributed by atoms with Crippen molar-refractivity contribution in [1.82, 2.24) is 14.7 Å². The van der Waals surface area contributed by atoms with Crippen LogP contribution in [-0.2, 0) is 16.6 Å². The Balaban J connectivity index is 1.39. The van der Waals surface area contributed by atoms with Crippen molar-refractivity contribution in [2.45, 2.75) is 94.9 Å². The van der Waals surface area contributed by atoms with Gasteiger partial charge in [0.25, 0.3) is 0 Å². The lowest BCUT2D eigenvalue weighted by Gasteiger charge is -2.57. The number of hydrogen-bond acceptors (Lipinski definition) is 6. The number of aromatic hydroxyl groups is 1. The van der Waals surface area contributed by atoms with E-state index < -0.39 is 11.0 Å². The number of hydrogen-bond donors (Lipinski definition) is 2. The molecule has 1 aromatic rings. The first kappa shape index (κ1) is 24.5. The number of benzene rings is 1. The Labute approximate surface area is 215 Å². The molecule has 7 nitrogen and oxygen atoms in total. The molecule has 2 N–H and O–H groups in total. The predicted molar refractivity (Wildman–Crippen MR) is 138 cm³/mol. The van der Waals surface area contributed by atoms with Gasteiger partial charge < -0.3 is 19.8 Å². The molecule has 0 bridgehead atoms. The molecule has 4 heterocycles. The van der Waals surface area contributed by atoms with E-state index in [0.717, 1.165) is 62.4 Å². The molecule has 3 saturated heterocycles. The zero-order chi connectivity index (χ0) is 25.2. The van der Waals surface area contributed by atoms with E-state index in [1.165, 1.54) is 12.8 Å². The zero-order valence-electron chi connectivity index (χ0n) is 22.2. The first-order valence-corrected chi connectivity index (χ1v) is 14.3. The van der Waals surface area contributed by atoms with E-state index in [9.17, 15) is 15.0 Å². The van der Waals surface area contributed by atoms with Gasteiger partial charge in [0.2, 0.25) is 5.91 Å². The molecule has 4 aliphatic heterocycles.